The third-order valence-corrected chi connectivity index (χ3v) is 4.37. The first-order valence-electron chi connectivity index (χ1n) is 6.70. The number of methoxy groups -OCH3 is 1. The summed E-state index contributed by atoms with van der Waals surface area (Å²) >= 11 is 0. The lowest BCUT2D eigenvalue weighted by atomic mass is 10.1. The van der Waals surface area contributed by atoms with Crippen molar-refractivity contribution in [2.75, 3.05) is 13.7 Å². The Balaban J connectivity index is 2.91. The first-order valence-corrected chi connectivity index (χ1v) is 8.18. The van der Waals surface area contributed by atoms with Gasteiger partial charge in [0.15, 0.2) is 0 Å². The zero-order chi connectivity index (χ0) is 16.0. The minimum absolute atomic E-state index is 0.00457. The molecule has 0 spiro atoms. The Morgan fingerprint density at radius 1 is 1.33 bits per heavy atom. The molecular weight excluding hydrogens is 292 g/mol. The van der Waals surface area contributed by atoms with Gasteiger partial charge in [0.25, 0.3) is 0 Å². The first-order chi connectivity index (χ1) is 9.77. The normalized spacial score (nSPS) is 13.2. The maximum atomic E-state index is 12.3. The number of nitrogens with one attached hydrogen (secondary N) is 1. The average Bonchev–Trinajstić information content (AvgIpc) is 2.44. The quantitative estimate of drug-likeness (QED) is 0.735. The number of nitrogens with two attached hydrogens (primary N) is 1. The van der Waals surface area contributed by atoms with Crippen molar-refractivity contribution < 1.29 is 17.9 Å². The Morgan fingerprint density at radius 2 is 1.95 bits per heavy atom. The van der Waals surface area contributed by atoms with Crippen LogP contribution in [0.3, 0.4) is 0 Å². The second-order valence-corrected chi connectivity index (χ2v) is 6.96. The van der Waals surface area contributed by atoms with Crippen LogP contribution in [0.1, 0.15) is 30.6 Å². The van der Waals surface area contributed by atoms with Gasteiger partial charge in [-0.25, -0.2) is 17.9 Å². The van der Waals surface area contributed by atoms with Crippen LogP contribution in [0.25, 0.3) is 0 Å². The van der Waals surface area contributed by atoms with Gasteiger partial charge in [-0.15, -0.1) is 0 Å². The van der Waals surface area contributed by atoms with Crippen molar-refractivity contribution in [3.63, 3.8) is 0 Å². The van der Waals surface area contributed by atoms with Crippen LogP contribution in [-0.4, -0.2) is 34.1 Å². The summed E-state index contributed by atoms with van der Waals surface area (Å²) in [5.74, 6) is -0.311. The Hall–Kier alpha value is -1.44. The van der Waals surface area contributed by atoms with E-state index in [0.29, 0.717) is 12.3 Å². The van der Waals surface area contributed by atoms with Gasteiger partial charge >= 0.3 is 5.97 Å². The summed E-state index contributed by atoms with van der Waals surface area (Å²) in [4.78, 5) is 11.5. The van der Waals surface area contributed by atoms with Gasteiger partial charge in [-0.05, 0) is 24.5 Å². The number of sulfonamides is 1. The van der Waals surface area contributed by atoms with Crippen LogP contribution >= 0.6 is 0 Å². The van der Waals surface area contributed by atoms with E-state index in [0.717, 1.165) is 0 Å². The molecule has 1 rings (SSSR count). The third kappa shape index (κ3) is 5.11. The van der Waals surface area contributed by atoms with Crippen molar-refractivity contribution >= 4 is 16.0 Å². The maximum Gasteiger partial charge on any atom is 0.339 e. The Bertz CT molecular complexity index is 584. The van der Waals surface area contributed by atoms with Gasteiger partial charge in [-0.2, -0.15) is 0 Å². The zero-order valence-corrected chi connectivity index (χ0v) is 13.3. The molecule has 0 aliphatic carbocycles. The summed E-state index contributed by atoms with van der Waals surface area (Å²) in [6.07, 6.45) is 0.709. The minimum Gasteiger partial charge on any atom is -0.465 e. The fraction of sp³-hybridized carbons (Fsp3) is 0.500. The van der Waals surface area contributed by atoms with Crippen LogP contribution < -0.4 is 10.5 Å². The Morgan fingerprint density at radius 3 is 2.52 bits per heavy atom. The predicted octanol–water partition coefficient (Wildman–Crippen LogP) is 1.12. The lowest BCUT2D eigenvalue weighted by Crippen LogP contribution is -2.38. The average molecular weight is 314 g/mol. The Labute approximate surface area is 125 Å². The largest absolute Gasteiger partial charge is 0.465 e. The summed E-state index contributed by atoms with van der Waals surface area (Å²) in [7, 11) is -2.60. The molecule has 0 aliphatic rings. The van der Waals surface area contributed by atoms with Crippen LogP contribution in [0.4, 0.5) is 0 Å². The van der Waals surface area contributed by atoms with Crippen molar-refractivity contribution in [3.8, 4) is 0 Å². The van der Waals surface area contributed by atoms with Gasteiger partial charge in [0.2, 0.25) is 10.0 Å². The summed E-state index contributed by atoms with van der Waals surface area (Å²) < 4.78 is 31.6. The molecule has 0 saturated heterocycles. The molecule has 3 N–H and O–H groups in total. The summed E-state index contributed by atoms with van der Waals surface area (Å²) in [6, 6.07) is 5.63. The first kappa shape index (κ1) is 17.6. The van der Waals surface area contributed by atoms with Crippen LogP contribution in [0.2, 0.25) is 0 Å². The number of hydrogen-bond donors (Lipinski definition) is 2. The van der Waals surface area contributed by atoms with Crippen LogP contribution in [0, 0.1) is 5.92 Å². The van der Waals surface area contributed by atoms with E-state index in [4.69, 9.17) is 5.73 Å². The second kappa shape index (κ2) is 7.53. The number of rotatable bonds is 7. The van der Waals surface area contributed by atoms with E-state index < -0.39 is 16.0 Å². The molecule has 118 valence electrons. The molecule has 21 heavy (non-hydrogen) atoms. The maximum absolute atomic E-state index is 12.3. The molecule has 1 atom stereocenters. The van der Waals surface area contributed by atoms with E-state index in [2.05, 4.69) is 9.46 Å². The summed E-state index contributed by atoms with van der Waals surface area (Å²) in [5.41, 5.74) is 5.87. The van der Waals surface area contributed by atoms with E-state index in [1.165, 1.54) is 19.2 Å². The molecule has 0 amide bonds. The molecule has 0 bridgehead atoms. The number of carbonyl (C=O) groups excluding carboxylic acids is 1. The molecule has 7 heteroatoms. The van der Waals surface area contributed by atoms with Gasteiger partial charge in [-0.3, -0.25) is 0 Å². The van der Waals surface area contributed by atoms with Crippen LogP contribution in [0.5, 0.6) is 0 Å². The highest BCUT2D eigenvalue weighted by atomic mass is 32.2. The molecule has 1 aromatic carbocycles. The smallest absolute Gasteiger partial charge is 0.339 e. The van der Waals surface area contributed by atoms with E-state index in [-0.39, 0.29) is 23.0 Å². The minimum atomic E-state index is -3.81. The summed E-state index contributed by atoms with van der Waals surface area (Å²) in [6.45, 7) is 4.15. The van der Waals surface area contributed by atoms with Gasteiger partial charge < -0.3 is 10.5 Å². The van der Waals surface area contributed by atoms with Crippen LogP contribution in [-0.2, 0) is 14.8 Å². The highest BCUT2D eigenvalue weighted by Gasteiger charge is 2.23. The molecule has 0 heterocycles. The number of benzene rings is 1. The van der Waals surface area contributed by atoms with Crippen LogP contribution in [0.15, 0.2) is 29.2 Å². The fourth-order valence-electron chi connectivity index (χ4n) is 1.96. The van der Waals surface area contributed by atoms with Crippen molar-refractivity contribution in [2.45, 2.75) is 31.2 Å². The molecule has 0 aromatic heterocycles. The van der Waals surface area contributed by atoms with Crippen molar-refractivity contribution in [1.82, 2.24) is 4.72 Å². The predicted molar refractivity (Wildman–Crippen MR) is 80.4 cm³/mol. The standard InChI is InChI=1S/C14H22N2O4S/c1-10(2)8-11(15)9-16-21(18,19)13-7-5-4-6-12(13)14(17)20-3/h4-7,10-11,16H,8-9,15H2,1-3H3. The van der Waals surface area contributed by atoms with Gasteiger partial charge in [-0.1, -0.05) is 26.0 Å². The SMILES string of the molecule is COC(=O)c1ccccc1S(=O)(=O)NCC(N)CC(C)C. The molecule has 0 fully saturated rings. The van der Waals surface area contributed by atoms with Gasteiger partial charge in [0.05, 0.1) is 17.6 Å². The van der Waals surface area contributed by atoms with Crippen molar-refractivity contribution in [2.24, 2.45) is 11.7 Å². The monoisotopic (exact) mass is 314 g/mol. The molecule has 1 aromatic rings. The molecule has 0 aliphatic heterocycles. The molecule has 6 nitrogen and oxygen atoms in total. The lowest BCUT2D eigenvalue weighted by molar-refractivity contribution is 0.0596. The number of carbonyl (C=O) groups is 1. The lowest BCUT2D eigenvalue weighted by Gasteiger charge is -2.16. The molecular formula is C14H22N2O4S. The zero-order valence-electron chi connectivity index (χ0n) is 12.5. The van der Waals surface area contributed by atoms with E-state index in [1.807, 2.05) is 13.8 Å². The number of ether oxygens (including phenoxy) is 1. The van der Waals surface area contributed by atoms with Crippen molar-refractivity contribution in [3.05, 3.63) is 29.8 Å². The number of hydrogen-bond acceptors (Lipinski definition) is 5. The third-order valence-electron chi connectivity index (χ3n) is 2.89. The topological polar surface area (TPSA) is 98.5 Å². The van der Waals surface area contributed by atoms with E-state index >= 15 is 0 Å². The number of esters is 1. The fourth-order valence-corrected chi connectivity index (χ4v) is 3.25. The summed E-state index contributed by atoms with van der Waals surface area (Å²) in [5, 5.41) is 0. The second-order valence-electron chi connectivity index (χ2n) is 5.23. The highest BCUT2D eigenvalue weighted by molar-refractivity contribution is 7.89. The van der Waals surface area contributed by atoms with E-state index in [1.54, 1.807) is 12.1 Å². The van der Waals surface area contributed by atoms with E-state index in [9.17, 15) is 13.2 Å². The van der Waals surface area contributed by atoms with Crippen molar-refractivity contribution in [1.29, 1.82) is 0 Å². The molecule has 0 radical (unpaired) electrons. The Kier molecular flexibility index (Phi) is 6.32. The molecule has 1 unspecified atom stereocenters. The van der Waals surface area contributed by atoms with Gasteiger partial charge in [0, 0.05) is 12.6 Å². The van der Waals surface area contributed by atoms with Gasteiger partial charge in [0.1, 0.15) is 0 Å². The molecule has 0 saturated carbocycles. The highest BCUT2D eigenvalue weighted by Crippen LogP contribution is 2.16.